The summed E-state index contributed by atoms with van der Waals surface area (Å²) in [5.41, 5.74) is 1.27. The normalized spacial score (nSPS) is 16.4. The predicted octanol–water partition coefficient (Wildman–Crippen LogP) is -1.98. The molecule has 1 aromatic heterocycles. The Morgan fingerprint density at radius 2 is 2.60 bits per heavy atom. The summed E-state index contributed by atoms with van der Waals surface area (Å²) in [6, 6.07) is 4.05. The first-order valence-electron chi connectivity index (χ1n) is 3.17. The van der Waals surface area contributed by atoms with E-state index in [1.807, 2.05) is 6.07 Å². The topological polar surface area (TPSA) is 22.1 Å². The molecule has 0 radical (unpaired) electrons. The van der Waals surface area contributed by atoms with Gasteiger partial charge in [0.15, 0.2) is 0 Å². The minimum atomic E-state index is -0.0368. The summed E-state index contributed by atoms with van der Waals surface area (Å²) in [6.45, 7) is 0. The van der Waals surface area contributed by atoms with Crippen molar-refractivity contribution in [1.29, 1.82) is 0 Å². The molecular formula is C7H7INO-. The van der Waals surface area contributed by atoms with E-state index in [1.54, 1.807) is 6.20 Å². The molecule has 0 fully saturated rings. The van der Waals surface area contributed by atoms with E-state index >= 15 is 0 Å². The molecule has 54 valence electrons. The van der Waals surface area contributed by atoms with Gasteiger partial charge in [-0.05, 0) is 0 Å². The number of pyridine rings is 1. The molecule has 0 aliphatic carbocycles. The number of halogens is 1. The number of aryl methyl sites for hydroxylation is 1. The summed E-state index contributed by atoms with van der Waals surface area (Å²) in [5, 5.41) is 0. The molecule has 10 heavy (non-hydrogen) atoms. The van der Waals surface area contributed by atoms with Gasteiger partial charge in [0.25, 0.3) is 0 Å². The first-order chi connectivity index (χ1) is 4.97. The third-order valence-corrected chi connectivity index (χ3v) is 3.13. The Labute approximate surface area is 70.4 Å². The van der Waals surface area contributed by atoms with E-state index in [0.29, 0.717) is 0 Å². The molecule has 0 bridgehead atoms. The molecule has 0 N–H and O–H groups in total. The van der Waals surface area contributed by atoms with Crippen LogP contribution in [0.1, 0.15) is 5.56 Å². The fraction of sp³-hybridized carbons (Fsp3) is 0.286. The van der Waals surface area contributed by atoms with E-state index < -0.39 is 0 Å². The Balaban J connectivity index is 2.41. The van der Waals surface area contributed by atoms with Crippen molar-refractivity contribution in [2.75, 3.05) is 4.43 Å². The molecule has 1 aliphatic heterocycles. The fourth-order valence-electron chi connectivity index (χ4n) is 0.914. The van der Waals surface area contributed by atoms with E-state index in [9.17, 15) is 0 Å². The van der Waals surface area contributed by atoms with Gasteiger partial charge in [0, 0.05) is 0 Å². The van der Waals surface area contributed by atoms with Gasteiger partial charge in [-0.3, -0.25) is 0 Å². The molecule has 2 heterocycles. The van der Waals surface area contributed by atoms with Crippen LogP contribution in [0.25, 0.3) is 0 Å². The van der Waals surface area contributed by atoms with Gasteiger partial charge < -0.3 is 0 Å². The molecule has 2 nitrogen and oxygen atoms in total. The molecule has 1 aliphatic rings. The Morgan fingerprint density at radius 1 is 1.60 bits per heavy atom. The van der Waals surface area contributed by atoms with Crippen molar-refractivity contribution in [2.24, 2.45) is 0 Å². The van der Waals surface area contributed by atoms with Gasteiger partial charge in [-0.15, -0.1) is 0 Å². The third-order valence-electron chi connectivity index (χ3n) is 1.42. The maximum absolute atomic E-state index is 5.42. The summed E-state index contributed by atoms with van der Waals surface area (Å²) >= 11 is -0.0368. The number of fused-ring (bicyclic) bond motifs is 1. The predicted molar refractivity (Wildman–Crippen MR) is 33.4 cm³/mol. The van der Waals surface area contributed by atoms with Crippen LogP contribution in [0.4, 0.5) is 0 Å². The van der Waals surface area contributed by atoms with Crippen LogP contribution in [0.15, 0.2) is 18.3 Å². The van der Waals surface area contributed by atoms with E-state index in [-0.39, 0.29) is 21.6 Å². The van der Waals surface area contributed by atoms with Crippen LogP contribution >= 0.6 is 0 Å². The standard InChI is InChI=1S/C7H7INO/c1-2-6-3-4-8-10-7(6)9-5-1/h1-2,5H,3-4H2/q-1. The van der Waals surface area contributed by atoms with Crippen LogP contribution in [0.5, 0.6) is 5.88 Å². The molecule has 0 saturated heterocycles. The van der Waals surface area contributed by atoms with Gasteiger partial charge in [-0.1, -0.05) is 0 Å². The third kappa shape index (κ3) is 1.10. The van der Waals surface area contributed by atoms with Crippen LogP contribution in [0.2, 0.25) is 0 Å². The molecule has 2 rings (SSSR count). The Kier molecular flexibility index (Phi) is 1.75. The number of alkyl halides is 1. The van der Waals surface area contributed by atoms with Gasteiger partial charge in [-0.2, -0.15) is 0 Å². The van der Waals surface area contributed by atoms with Crippen LogP contribution in [0.3, 0.4) is 0 Å². The zero-order valence-corrected chi connectivity index (χ0v) is 7.54. The maximum atomic E-state index is 5.42. The second-order valence-corrected chi connectivity index (χ2v) is 4.23. The van der Waals surface area contributed by atoms with Crippen molar-refractivity contribution < 1.29 is 24.7 Å². The number of hydrogen-bond acceptors (Lipinski definition) is 2. The summed E-state index contributed by atoms with van der Waals surface area (Å²) in [5.74, 6) is 0.876. The number of rotatable bonds is 0. The van der Waals surface area contributed by atoms with Crippen molar-refractivity contribution in [3.8, 4) is 5.88 Å². The number of aromatic nitrogens is 1. The molecule has 0 unspecified atom stereocenters. The first-order valence-corrected chi connectivity index (χ1v) is 5.57. The molecule has 0 aromatic carbocycles. The van der Waals surface area contributed by atoms with Crippen LogP contribution in [-0.2, 0) is 6.42 Å². The summed E-state index contributed by atoms with van der Waals surface area (Å²) in [7, 11) is 0. The van der Waals surface area contributed by atoms with E-state index in [4.69, 9.17) is 3.07 Å². The van der Waals surface area contributed by atoms with Crippen LogP contribution < -0.4 is 24.7 Å². The van der Waals surface area contributed by atoms with Gasteiger partial charge >= 0.3 is 70.3 Å². The van der Waals surface area contributed by atoms with Gasteiger partial charge in [-0.25, -0.2) is 0 Å². The zero-order valence-electron chi connectivity index (χ0n) is 5.38. The Bertz CT molecular complexity index is 214. The molecule has 0 spiro atoms. The van der Waals surface area contributed by atoms with Crippen molar-refractivity contribution >= 4 is 0 Å². The van der Waals surface area contributed by atoms with E-state index in [1.165, 1.54) is 9.99 Å². The minimum absolute atomic E-state index is 0.0368. The molecule has 0 atom stereocenters. The van der Waals surface area contributed by atoms with Crippen molar-refractivity contribution in [3.63, 3.8) is 0 Å². The quantitative estimate of drug-likeness (QED) is 0.392. The van der Waals surface area contributed by atoms with Gasteiger partial charge in [0.05, 0.1) is 0 Å². The first kappa shape index (κ1) is 6.39. The van der Waals surface area contributed by atoms with Crippen LogP contribution in [0, 0.1) is 0 Å². The fourth-order valence-corrected chi connectivity index (χ4v) is 2.63. The monoisotopic (exact) mass is 248 g/mol. The van der Waals surface area contributed by atoms with Gasteiger partial charge in [0.1, 0.15) is 0 Å². The van der Waals surface area contributed by atoms with E-state index in [0.717, 1.165) is 12.3 Å². The zero-order chi connectivity index (χ0) is 6.81. The summed E-state index contributed by atoms with van der Waals surface area (Å²) in [4.78, 5) is 4.12. The molecule has 3 heteroatoms. The molecule has 1 aromatic rings. The SMILES string of the molecule is c1cnc2c(c1)CC[I-]O2. The molecule has 0 saturated carbocycles. The summed E-state index contributed by atoms with van der Waals surface area (Å²) in [6.07, 6.45) is 2.95. The second kappa shape index (κ2) is 2.74. The Morgan fingerprint density at radius 3 is 3.50 bits per heavy atom. The van der Waals surface area contributed by atoms with Crippen LogP contribution in [-0.4, -0.2) is 9.41 Å². The van der Waals surface area contributed by atoms with Crippen molar-refractivity contribution in [3.05, 3.63) is 23.9 Å². The van der Waals surface area contributed by atoms with Gasteiger partial charge in [0.2, 0.25) is 0 Å². The average molecular weight is 248 g/mol. The number of nitrogens with zero attached hydrogens (tertiary/aromatic N) is 1. The average Bonchev–Trinajstić information content (AvgIpc) is 2.05. The second-order valence-electron chi connectivity index (χ2n) is 2.09. The number of hydrogen-bond donors (Lipinski definition) is 0. The van der Waals surface area contributed by atoms with E-state index in [2.05, 4.69) is 11.1 Å². The molecule has 0 amide bonds. The molecular weight excluding hydrogens is 241 g/mol. The van der Waals surface area contributed by atoms with Crippen molar-refractivity contribution in [1.82, 2.24) is 4.98 Å². The Hall–Kier alpha value is -0.320. The summed E-state index contributed by atoms with van der Waals surface area (Å²) < 4.78 is 6.66. The van der Waals surface area contributed by atoms with Crippen molar-refractivity contribution in [2.45, 2.75) is 6.42 Å².